The number of carbonyl (C=O) groups is 1. The molecule has 1 saturated carbocycles. The summed E-state index contributed by atoms with van der Waals surface area (Å²) in [6.07, 6.45) is 3.75. The third kappa shape index (κ3) is 4.12. The summed E-state index contributed by atoms with van der Waals surface area (Å²) in [5.74, 6) is 1.80. The lowest BCUT2D eigenvalue weighted by atomic mass is 9.70. The smallest absolute Gasteiger partial charge is 0.329 e. The van der Waals surface area contributed by atoms with Crippen LogP contribution in [0.3, 0.4) is 0 Å². The van der Waals surface area contributed by atoms with Crippen LogP contribution < -0.4 is 0 Å². The van der Waals surface area contributed by atoms with Crippen LogP contribution in [0.25, 0.3) is 0 Å². The standard InChI is InChI=1S/C13H24O3/c1-9(2)12-5-4-10(3)6-11(12)7-16-8-13(14)15/h9-12H,4-8H2,1-3H3,(H,14,15)/t10-,11?,12?/m1/s1. The van der Waals surface area contributed by atoms with E-state index in [0.29, 0.717) is 24.4 Å². The molecule has 2 unspecified atom stereocenters. The van der Waals surface area contributed by atoms with Crippen molar-refractivity contribution in [3.63, 3.8) is 0 Å². The van der Waals surface area contributed by atoms with E-state index in [1.807, 2.05) is 0 Å². The third-order valence-corrected chi connectivity index (χ3v) is 3.72. The van der Waals surface area contributed by atoms with Crippen molar-refractivity contribution >= 4 is 5.97 Å². The molecule has 0 amide bonds. The zero-order valence-electron chi connectivity index (χ0n) is 10.6. The van der Waals surface area contributed by atoms with Gasteiger partial charge in [0, 0.05) is 0 Å². The minimum Gasteiger partial charge on any atom is -0.480 e. The first-order chi connectivity index (χ1) is 7.50. The van der Waals surface area contributed by atoms with Gasteiger partial charge in [-0.2, -0.15) is 0 Å². The van der Waals surface area contributed by atoms with Gasteiger partial charge in [-0.25, -0.2) is 4.79 Å². The molecule has 0 radical (unpaired) electrons. The number of ether oxygens (including phenoxy) is 1. The van der Waals surface area contributed by atoms with Crippen LogP contribution in [0.4, 0.5) is 0 Å². The van der Waals surface area contributed by atoms with Crippen LogP contribution in [0, 0.1) is 23.7 Å². The van der Waals surface area contributed by atoms with Gasteiger partial charge in [-0.05, 0) is 36.5 Å². The molecule has 0 bridgehead atoms. The average Bonchev–Trinajstić information content (AvgIpc) is 2.16. The molecule has 1 fully saturated rings. The molecule has 0 aromatic carbocycles. The van der Waals surface area contributed by atoms with Gasteiger partial charge >= 0.3 is 5.97 Å². The predicted molar refractivity (Wildman–Crippen MR) is 63.3 cm³/mol. The molecule has 1 aliphatic carbocycles. The van der Waals surface area contributed by atoms with E-state index < -0.39 is 5.97 Å². The van der Waals surface area contributed by atoms with Crippen LogP contribution in [0.15, 0.2) is 0 Å². The van der Waals surface area contributed by atoms with Crippen molar-refractivity contribution < 1.29 is 14.6 Å². The van der Waals surface area contributed by atoms with Crippen molar-refractivity contribution in [1.29, 1.82) is 0 Å². The Labute approximate surface area is 98.2 Å². The Morgan fingerprint density at radius 1 is 1.44 bits per heavy atom. The summed E-state index contributed by atoms with van der Waals surface area (Å²) in [5, 5.41) is 8.55. The van der Waals surface area contributed by atoms with Gasteiger partial charge in [-0.15, -0.1) is 0 Å². The fourth-order valence-electron chi connectivity index (χ4n) is 2.89. The molecule has 0 aliphatic heterocycles. The fraction of sp³-hybridized carbons (Fsp3) is 0.923. The van der Waals surface area contributed by atoms with Crippen molar-refractivity contribution in [2.75, 3.05) is 13.2 Å². The predicted octanol–water partition coefficient (Wildman–Crippen LogP) is 2.80. The molecule has 1 aliphatic rings. The summed E-state index contributed by atoms with van der Waals surface area (Å²) in [6.45, 7) is 7.24. The molecule has 3 heteroatoms. The van der Waals surface area contributed by atoms with E-state index in [0.717, 1.165) is 5.92 Å². The summed E-state index contributed by atoms with van der Waals surface area (Å²) < 4.78 is 5.26. The molecule has 0 aromatic heterocycles. The Bertz CT molecular complexity index is 225. The van der Waals surface area contributed by atoms with Gasteiger partial charge in [0.05, 0.1) is 6.61 Å². The number of hydrogen-bond donors (Lipinski definition) is 1. The second-order valence-electron chi connectivity index (χ2n) is 5.50. The summed E-state index contributed by atoms with van der Waals surface area (Å²) in [6, 6.07) is 0. The first kappa shape index (κ1) is 13.5. The lowest BCUT2D eigenvalue weighted by Crippen LogP contribution is -2.31. The maximum Gasteiger partial charge on any atom is 0.329 e. The molecule has 3 atom stereocenters. The zero-order chi connectivity index (χ0) is 12.1. The normalized spacial score (nSPS) is 30.6. The van der Waals surface area contributed by atoms with Crippen molar-refractivity contribution in [2.45, 2.75) is 40.0 Å². The highest BCUT2D eigenvalue weighted by Crippen LogP contribution is 2.37. The SMILES string of the molecule is CC(C)C1CC[C@@H](C)CC1COCC(=O)O. The van der Waals surface area contributed by atoms with Gasteiger partial charge in [0.2, 0.25) is 0 Å². The lowest BCUT2D eigenvalue weighted by Gasteiger charge is -2.37. The van der Waals surface area contributed by atoms with Crippen LogP contribution >= 0.6 is 0 Å². The number of hydrogen-bond acceptors (Lipinski definition) is 2. The van der Waals surface area contributed by atoms with Crippen molar-refractivity contribution in [2.24, 2.45) is 23.7 Å². The van der Waals surface area contributed by atoms with E-state index in [2.05, 4.69) is 20.8 Å². The topological polar surface area (TPSA) is 46.5 Å². The maximum atomic E-state index is 10.4. The first-order valence-corrected chi connectivity index (χ1v) is 6.30. The van der Waals surface area contributed by atoms with E-state index in [1.54, 1.807) is 0 Å². The number of carboxylic acids is 1. The average molecular weight is 228 g/mol. The van der Waals surface area contributed by atoms with Crippen molar-refractivity contribution in [3.05, 3.63) is 0 Å². The van der Waals surface area contributed by atoms with Gasteiger partial charge in [0.15, 0.2) is 0 Å². The Kier molecular flexibility index (Phi) is 5.26. The summed E-state index contributed by atoms with van der Waals surface area (Å²) >= 11 is 0. The fourth-order valence-corrected chi connectivity index (χ4v) is 2.89. The van der Waals surface area contributed by atoms with Crippen LogP contribution in [0.1, 0.15) is 40.0 Å². The highest BCUT2D eigenvalue weighted by molar-refractivity contribution is 5.67. The molecular formula is C13H24O3. The molecule has 94 valence electrons. The second-order valence-corrected chi connectivity index (χ2v) is 5.50. The van der Waals surface area contributed by atoms with E-state index in [1.165, 1.54) is 19.3 Å². The number of rotatable bonds is 5. The molecule has 16 heavy (non-hydrogen) atoms. The Morgan fingerprint density at radius 2 is 2.12 bits per heavy atom. The summed E-state index contributed by atoms with van der Waals surface area (Å²) in [4.78, 5) is 10.4. The van der Waals surface area contributed by atoms with Gasteiger partial charge < -0.3 is 9.84 Å². The highest BCUT2D eigenvalue weighted by Gasteiger charge is 2.30. The zero-order valence-corrected chi connectivity index (χ0v) is 10.6. The van der Waals surface area contributed by atoms with Crippen LogP contribution in [0.2, 0.25) is 0 Å². The molecule has 0 heterocycles. The molecular weight excluding hydrogens is 204 g/mol. The molecule has 0 aromatic rings. The van der Waals surface area contributed by atoms with Gasteiger partial charge in [0.25, 0.3) is 0 Å². The largest absolute Gasteiger partial charge is 0.480 e. The van der Waals surface area contributed by atoms with Crippen LogP contribution in [-0.4, -0.2) is 24.3 Å². The summed E-state index contributed by atoms with van der Waals surface area (Å²) in [7, 11) is 0. The quantitative estimate of drug-likeness (QED) is 0.787. The van der Waals surface area contributed by atoms with Gasteiger partial charge in [-0.3, -0.25) is 0 Å². The number of aliphatic carboxylic acids is 1. The van der Waals surface area contributed by atoms with E-state index in [-0.39, 0.29) is 6.61 Å². The minimum absolute atomic E-state index is 0.157. The molecule has 1 rings (SSSR count). The Morgan fingerprint density at radius 3 is 2.69 bits per heavy atom. The van der Waals surface area contributed by atoms with E-state index >= 15 is 0 Å². The monoisotopic (exact) mass is 228 g/mol. The maximum absolute atomic E-state index is 10.4. The van der Waals surface area contributed by atoms with Gasteiger partial charge in [-0.1, -0.05) is 27.2 Å². The second kappa shape index (κ2) is 6.24. The first-order valence-electron chi connectivity index (χ1n) is 6.30. The summed E-state index contributed by atoms with van der Waals surface area (Å²) in [5.41, 5.74) is 0. The van der Waals surface area contributed by atoms with E-state index in [4.69, 9.17) is 9.84 Å². The minimum atomic E-state index is -0.870. The lowest BCUT2D eigenvalue weighted by molar-refractivity contribution is -0.143. The molecule has 0 saturated heterocycles. The molecule has 0 spiro atoms. The molecule has 3 nitrogen and oxygen atoms in total. The third-order valence-electron chi connectivity index (χ3n) is 3.72. The van der Waals surface area contributed by atoms with Crippen LogP contribution in [-0.2, 0) is 9.53 Å². The van der Waals surface area contributed by atoms with Crippen LogP contribution in [0.5, 0.6) is 0 Å². The van der Waals surface area contributed by atoms with Gasteiger partial charge in [0.1, 0.15) is 6.61 Å². The Balaban J connectivity index is 2.41. The molecule has 1 N–H and O–H groups in total. The van der Waals surface area contributed by atoms with Crippen molar-refractivity contribution in [3.8, 4) is 0 Å². The Hall–Kier alpha value is -0.570. The van der Waals surface area contributed by atoms with Crippen molar-refractivity contribution in [1.82, 2.24) is 0 Å². The van der Waals surface area contributed by atoms with E-state index in [9.17, 15) is 4.79 Å². The highest BCUT2D eigenvalue weighted by atomic mass is 16.5. The number of carboxylic acid groups (broad SMARTS) is 1.